The fraction of sp³-hybridized carbons (Fsp3) is 0.739. The molecule has 37 heavy (non-hydrogen) atoms. The molecule has 4 aliphatic rings. The number of fused-ring (bicyclic) bond motifs is 3. The molecule has 206 valence electrons. The summed E-state index contributed by atoms with van der Waals surface area (Å²) in [4.78, 5) is 47.3. The number of ether oxygens (including phenoxy) is 8. The quantitative estimate of drug-likeness (QED) is 0.228. The van der Waals surface area contributed by atoms with Crippen LogP contribution < -0.4 is 0 Å². The summed E-state index contributed by atoms with van der Waals surface area (Å²) in [5.41, 5.74) is -3.21. The van der Waals surface area contributed by atoms with E-state index in [0.29, 0.717) is 0 Å². The summed E-state index contributed by atoms with van der Waals surface area (Å²) in [6.45, 7) is 5.48. The number of hydrogen-bond donors (Lipinski definition) is 2. The SMILES string of the molecule is CC(=O)OC[C@@H]1O[C@@H](O[C@@H]2OC=C[C@@]3(O)[C@@H]4O[C@@H]4[C@](C)(O)[C@@H]23)[C@@H](OC(C)=O)[C@H](OC(C)=O)[C@H]1OC(C)=O. The average molecular weight is 530 g/mol. The maximum absolute atomic E-state index is 12.0. The Balaban J connectivity index is 1.67. The first-order valence-electron chi connectivity index (χ1n) is 11.6. The number of carbonyl (C=O) groups is 4. The molecule has 14 heteroatoms. The minimum Gasteiger partial charge on any atom is -0.472 e. The van der Waals surface area contributed by atoms with E-state index in [9.17, 15) is 29.4 Å². The molecule has 2 N–H and O–H groups in total. The van der Waals surface area contributed by atoms with Crippen LogP contribution in [0.3, 0.4) is 0 Å². The normalized spacial score (nSPS) is 43.5. The fourth-order valence-corrected chi connectivity index (χ4v) is 5.27. The smallest absolute Gasteiger partial charge is 0.303 e. The highest BCUT2D eigenvalue weighted by Crippen LogP contribution is 2.59. The molecule has 0 radical (unpaired) electrons. The zero-order valence-electron chi connectivity index (χ0n) is 20.9. The summed E-state index contributed by atoms with van der Waals surface area (Å²) >= 11 is 0. The van der Waals surface area contributed by atoms with Gasteiger partial charge in [0.15, 0.2) is 18.3 Å². The van der Waals surface area contributed by atoms with E-state index in [1.807, 2.05) is 0 Å². The summed E-state index contributed by atoms with van der Waals surface area (Å²) in [6, 6.07) is 0. The number of aliphatic hydroxyl groups is 2. The molecule has 0 bridgehead atoms. The maximum atomic E-state index is 12.0. The van der Waals surface area contributed by atoms with Crippen molar-refractivity contribution in [3.63, 3.8) is 0 Å². The van der Waals surface area contributed by atoms with Crippen molar-refractivity contribution in [2.45, 2.75) is 95.0 Å². The molecule has 0 spiro atoms. The van der Waals surface area contributed by atoms with Crippen molar-refractivity contribution in [3.05, 3.63) is 12.3 Å². The molecule has 14 nitrogen and oxygen atoms in total. The van der Waals surface area contributed by atoms with E-state index in [2.05, 4.69) is 0 Å². The number of epoxide rings is 1. The van der Waals surface area contributed by atoms with Crippen molar-refractivity contribution < 1.29 is 67.3 Å². The third kappa shape index (κ3) is 5.16. The second-order valence-corrected chi connectivity index (χ2v) is 9.58. The molecule has 0 amide bonds. The lowest BCUT2D eigenvalue weighted by atomic mass is 9.80. The van der Waals surface area contributed by atoms with Gasteiger partial charge in [-0.15, -0.1) is 0 Å². The van der Waals surface area contributed by atoms with Gasteiger partial charge < -0.3 is 48.1 Å². The van der Waals surface area contributed by atoms with Crippen LogP contribution in [0, 0.1) is 5.92 Å². The summed E-state index contributed by atoms with van der Waals surface area (Å²) in [7, 11) is 0. The highest BCUT2D eigenvalue weighted by molar-refractivity contribution is 5.68. The Morgan fingerprint density at radius 1 is 0.811 bits per heavy atom. The first-order chi connectivity index (χ1) is 17.3. The van der Waals surface area contributed by atoms with E-state index in [1.165, 1.54) is 19.3 Å². The molecule has 11 atom stereocenters. The van der Waals surface area contributed by atoms with Gasteiger partial charge in [0.05, 0.1) is 12.2 Å². The second-order valence-electron chi connectivity index (χ2n) is 9.58. The molecular formula is C23H30O14. The Morgan fingerprint density at radius 3 is 2.00 bits per heavy atom. The number of carbonyl (C=O) groups excluding carboxylic acids is 4. The largest absolute Gasteiger partial charge is 0.472 e. The van der Waals surface area contributed by atoms with Crippen LogP contribution in [0.15, 0.2) is 12.3 Å². The molecule has 0 aromatic carbocycles. The van der Waals surface area contributed by atoms with Gasteiger partial charge in [-0.3, -0.25) is 19.2 Å². The summed E-state index contributed by atoms with van der Waals surface area (Å²) in [5.74, 6) is -4.09. The van der Waals surface area contributed by atoms with Crippen LogP contribution in [-0.2, 0) is 57.1 Å². The Labute approximate surface area is 211 Å². The predicted molar refractivity (Wildman–Crippen MR) is 115 cm³/mol. The van der Waals surface area contributed by atoms with Crippen LogP contribution in [0.5, 0.6) is 0 Å². The fourth-order valence-electron chi connectivity index (χ4n) is 5.27. The van der Waals surface area contributed by atoms with Crippen molar-refractivity contribution in [1.29, 1.82) is 0 Å². The molecule has 3 heterocycles. The van der Waals surface area contributed by atoms with Gasteiger partial charge in [-0.25, -0.2) is 0 Å². The highest BCUT2D eigenvalue weighted by Gasteiger charge is 2.77. The van der Waals surface area contributed by atoms with Crippen LogP contribution in [-0.4, -0.2) is 101 Å². The van der Waals surface area contributed by atoms with E-state index in [0.717, 1.165) is 27.7 Å². The third-order valence-electron chi connectivity index (χ3n) is 6.69. The van der Waals surface area contributed by atoms with Gasteiger partial charge in [0.25, 0.3) is 0 Å². The van der Waals surface area contributed by atoms with E-state index in [1.54, 1.807) is 0 Å². The van der Waals surface area contributed by atoms with E-state index < -0.39 is 96.8 Å². The average Bonchev–Trinajstić information content (AvgIpc) is 3.55. The maximum Gasteiger partial charge on any atom is 0.303 e. The standard InChI is InChI=1S/C23H30O14/c1-9(24)31-8-13-14(32-10(2)25)15(33-11(3)26)16(34-12(4)27)20(35-13)37-21-17-22(5,28)18-19(36-18)23(17,29)6-7-30-21/h6-7,13-21,28-29H,8H2,1-5H3/t13-,14-,15+,16-,17+,18-,19+,20-,21-,22+,23-/m0/s1. The van der Waals surface area contributed by atoms with Crippen molar-refractivity contribution in [2.75, 3.05) is 6.61 Å². The molecule has 0 aromatic rings. The molecule has 0 unspecified atom stereocenters. The zero-order chi connectivity index (χ0) is 27.3. The lowest BCUT2D eigenvalue weighted by Crippen LogP contribution is -2.64. The van der Waals surface area contributed by atoms with Gasteiger partial charge in [0, 0.05) is 27.7 Å². The Morgan fingerprint density at radius 2 is 1.41 bits per heavy atom. The monoisotopic (exact) mass is 530 g/mol. The Hall–Kier alpha value is -2.78. The van der Waals surface area contributed by atoms with Crippen LogP contribution in [0.2, 0.25) is 0 Å². The van der Waals surface area contributed by atoms with Crippen molar-refractivity contribution in [1.82, 2.24) is 0 Å². The predicted octanol–water partition coefficient (Wildman–Crippen LogP) is -1.16. The minimum absolute atomic E-state index is 0.438. The third-order valence-corrected chi connectivity index (χ3v) is 6.69. The lowest BCUT2D eigenvalue weighted by Gasteiger charge is -2.47. The van der Waals surface area contributed by atoms with Crippen LogP contribution in [0.4, 0.5) is 0 Å². The number of esters is 4. The zero-order valence-corrected chi connectivity index (χ0v) is 20.9. The molecule has 2 saturated heterocycles. The molecule has 3 fully saturated rings. The van der Waals surface area contributed by atoms with E-state index >= 15 is 0 Å². The number of hydrogen-bond acceptors (Lipinski definition) is 14. The van der Waals surface area contributed by atoms with Gasteiger partial charge in [-0.05, 0) is 13.0 Å². The summed E-state index contributed by atoms with van der Waals surface area (Å²) in [6.07, 6.45) is -7.22. The molecule has 4 rings (SSSR count). The topological polar surface area (TPSA) is 186 Å². The van der Waals surface area contributed by atoms with Gasteiger partial charge in [-0.1, -0.05) is 0 Å². The van der Waals surface area contributed by atoms with Gasteiger partial charge in [0.1, 0.15) is 36.1 Å². The van der Waals surface area contributed by atoms with Crippen molar-refractivity contribution >= 4 is 23.9 Å². The summed E-state index contributed by atoms with van der Waals surface area (Å²) < 4.78 is 44.0. The molecule has 0 aromatic heterocycles. The van der Waals surface area contributed by atoms with E-state index in [-0.39, 0.29) is 0 Å². The van der Waals surface area contributed by atoms with Crippen molar-refractivity contribution in [2.24, 2.45) is 5.92 Å². The van der Waals surface area contributed by atoms with Gasteiger partial charge in [0.2, 0.25) is 12.6 Å². The second kappa shape index (κ2) is 9.83. The molecule has 3 aliphatic heterocycles. The molecular weight excluding hydrogens is 500 g/mol. The van der Waals surface area contributed by atoms with Crippen LogP contribution in [0.25, 0.3) is 0 Å². The minimum atomic E-state index is -1.63. The highest BCUT2D eigenvalue weighted by atomic mass is 16.8. The first-order valence-corrected chi connectivity index (χ1v) is 11.6. The number of rotatable bonds is 7. The lowest BCUT2D eigenvalue weighted by molar-refractivity contribution is -0.355. The van der Waals surface area contributed by atoms with Crippen LogP contribution in [0.1, 0.15) is 34.6 Å². The Bertz CT molecular complexity index is 976. The van der Waals surface area contributed by atoms with Crippen molar-refractivity contribution in [3.8, 4) is 0 Å². The molecule has 1 saturated carbocycles. The van der Waals surface area contributed by atoms with Gasteiger partial charge in [-0.2, -0.15) is 0 Å². The van der Waals surface area contributed by atoms with Gasteiger partial charge >= 0.3 is 23.9 Å². The van der Waals surface area contributed by atoms with Crippen LogP contribution >= 0.6 is 0 Å². The summed E-state index contributed by atoms with van der Waals surface area (Å²) in [5, 5.41) is 22.3. The van der Waals surface area contributed by atoms with E-state index in [4.69, 9.17) is 37.9 Å². The Kier molecular flexibility index (Phi) is 7.25. The first kappa shape index (κ1) is 27.3. The molecule has 1 aliphatic carbocycles.